The Hall–Kier alpha value is -3.03. The number of nitrogens with one attached hydrogen (secondary N) is 2. The molecule has 0 aromatic carbocycles. The highest BCUT2D eigenvalue weighted by Crippen LogP contribution is 2.17. The summed E-state index contributed by atoms with van der Waals surface area (Å²) in [5.74, 6) is 0.514. The maximum Gasteiger partial charge on any atom is 0.269 e. The number of aromatic nitrogens is 6. The third-order valence-corrected chi connectivity index (χ3v) is 3.72. The van der Waals surface area contributed by atoms with Gasteiger partial charge in [0.05, 0.1) is 11.7 Å². The second kappa shape index (κ2) is 7.03. The maximum atomic E-state index is 12.5. The van der Waals surface area contributed by atoms with Gasteiger partial charge in [-0.2, -0.15) is 10.2 Å². The number of H-pyrrole nitrogens is 1. The molecule has 0 radical (unpaired) electrons. The van der Waals surface area contributed by atoms with Gasteiger partial charge in [-0.05, 0) is 31.5 Å². The molecule has 3 aromatic heterocycles. The van der Waals surface area contributed by atoms with Gasteiger partial charge in [-0.3, -0.25) is 14.9 Å². The van der Waals surface area contributed by atoms with Crippen LogP contribution in [0.4, 0.5) is 0 Å². The molecule has 0 spiro atoms. The number of pyridine rings is 1. The predicted octanol–water partition coefficient (Wildman–Crippen LogP) is 1.96. The fourth-order valence-electron chi connectivity index (χ4n) is 2.46. The van der Waals surface area contributed by atoms with Crippen molar-refractivity contribution in [3.63, 3.8) is 0 Å². The summed E-state index contributed by atoms with van der Waals surface area (Å²) in [6.07, 6.45) is 3.91. The van der Waals surface area contributed by atoms with Crippen molar-refractivity contribution in [3.8, 4) is 11.4 Å². The number of aryl methyl sites for hydroxylation is 1. The van der Waals surface area contributed by atoms with Gasteiger partial charge in [0.25, 0.3) is 5.91 Å². The highest BCUT2D eigenvalue weighted by molar-refractivity contribution is 5.93. The maximum absolute atomic E-state index is 12.5. The molecule has 0 saturated carbocycles. The van der Waals surface area contributed by atoms with Crippen LogP contribution in [0.3, 0.4) is 0 Å². The summed E-state index contributed by atoms with van der Waals surface area (Å²) in [6.45, 7) is 4.68. The lowest BCUT2D eigenvalue weighted by molar-refractivity contribution is 0.0927. The molecule has 0 aliphatic carbocycles. The van der Waals surface area contributed by atoms with Crippen molar-refractivity contribution in [2.75, 3.05) is 0 Å². The van der Waals surface area contributed by atoms with Crippen LogP contribution in [0.2, 0.25) is 0 Å². The molecule has 8 heteroatoms. The van der Waals surface area contributed by atoms with E-state index in [1.54, 1.807) is 16.9 Å². The van der Waals surface area contributed by atoms with Crippen LogP contribution in [-0.4, -0.2) is 35.9 Å². The molecule has 8 nitrogen and oxygen atoms in total. The number of amides is 1. The fraction of sp³-hybridized carbons (Fsp3) is 0.312. The number of carbonyl (C=O) groups is 1. The summed E-state index contributed by atoms with van der Waals surface area (Å²) < 4.78 is 1.78. The Morgan fingerprint density at radius 1 is 1.29 bits per heavy atom. The Labute approximate surface area is 139 Å². The molecule has 0 unspecified atom stereocenters. The van der Waals surface area contributed by atoms with Gasteiger partial charge in [0.2, 0.25) is 0 Å². The second-order valence-corrected chi connectivity index (χ2v) is 5.25. The van der Waals surface area contributed by atoms with Gasteiger partial charge in [-0.1, -0.05) is 13.0 Å². The molecule has 3 aromatic rings. The van der Waals surface area contributed by atoms with Crippen molar-refractivity contribution < 1.29 is 4.79 Å². The van der Waals surface area contributed by atoms with Crippen LogP contribution in [0.25, 0.3) is 11.4 Å². The van der Waals surface area contributed by atoms with E-state index < -0.39 is 0 Å². The lowest BCUT2D eigenvalue weighted by Crippen LogP contribution is -2.30. The van der Waals surface area contributed by atoms with Gasteiger partial charge in [0.15, 0.2) is 0 Å². The SMILES string of the molecule is CC[C@@H](NC(=O)c1cc(-c2ccccn2)n[nH]1)c1ncnn1CC. The zero-order chi connectivity index (χ0) is 16.9. The molecule has 124 valence electrons. The average Bonchev–Trinajstić information content (AvgIpc) is 3.29. The highest BCUT2D eigenvalue weighted by atomic mass is 16.2. The minimum atomic E-state index is -0.234. The number of nitrogens with zero attached hydrogens (tertiary/aromatic N) is 5. The number of hydrogen-bond acceptors (Lipinski definition) is 5. The van der Waals surface area contributed by atoms with E-state index in [1.807, 2.05) is 32.0 Å². The molecular formula is C16H19N7O. The van der Waals surface area contributed by atoms with Crippen molar-refractivity contribution in [1.82, 2.24) is 35.3 Å². The highest BCUT2D eigenvalue weighted by Gasteiger charge is 2.20. The summed E-state index contributed by atoms with van der Waals surface area (Å²) in [6, 6.07) is 7.04. The molecule has 0 saturated heterocycles. The summed E-state index contributed by atoms with van der Waals surface area (Å²) in [4.78, 5) is 21.0. The summed E-state index contributed by atoms with van der Waals surface area (Å²) in [7, 11) is 0. The van der Waals surface area contributed by atoms with Crippen LogP contribution in [0.1, 0.15) is 42.6 Å². The van der Waals surface area contributed by atoms with Crippen LogP contribution in [0.5, 0.6) is 0 Å². The molecule has 0 aliphatic rings. The Balaban J connectivity index is 1.76. The van der Waals surface area contributed by atoms with Crippen LogP contribution < -0.4 is 5.32 Å². The average molecular weight is 325 g/mol. The van der Waals surface area contributed by atoms with Crippen molar-refractivity contribution in [1.29, 1.82) is 0 Å². The van der Waals surface area contributed by atoms with Gasteiger partial charge < -0.3 is 5.32 Å². The Morgan fingerprint density at radius 3 is 2.88 bits per heavy atom. The first-order valence-electron chi connectivity index (χ1n) is 7.88. The van der Waals surface area contributed by atoms with Crippen LogP contribution >= 0.6 is 0 Å². The first kappa shape index (κ1) is 15.9. The molecule has 0 aliphatic heterocycles. The van der Waals surface area contributed by atoms with E-state index in [0.717, 1.165) is 5.82 Å². The van der Waals surface area contributed by atoms with Gasteiger partial charge in [-0.25, -0.2) is 9.67 Å². The van der Waals surface area contributed by atoms with Crippen molar-refractivity contribution >= 4 is 5.91 Å². The topological polar surface area (TPSA) is 101 Å². The largest absolute Gasteiger partial charge is 0.341 e. The fourth-order valence-corrected chi connectivity index (χ4v) is 2.46. The molecule has 1 atom stereocenters. The van der Waals surface area contributed by atoms with Crippen LogP contribution in [-0.2, 0) is 6.54 Å². The molecule has 0 fully saturated rings. The standard InChI is InChI=1S/C16H19N7O/c1-3-11(15-18-10-19-23(15)4-2)20-16(24)14-9-13(21-22-14)12-7-5-6-8-17-12/h5-11H,3-4H2,1-2H3,(H,20,24)(H,21,22)/t11-/m1/s1. The molecule has 3 rings (SSSR count). The van der Waals surface area contributed by atoms with Gasteiger partial charge in [0, 0.05) is 12.7 Å². The molecule has 0 bridgehead atoms. The second-order valence-electron chi connectivity index (χ2n) is 5.25. The lowest BCUT2D eigenvalue weighted by Gasteiger charge is -2.16. The quantitative estimate of drug-likeness (QED) is 0.721. The summed E-state index contributed by atoms with van der Waals surface area (Å²) in [5, 5.41) is 14.0. The minimum Gasteiger partial charge on any atom is -0.341 e. The van der Waals surface area contributed by atoms with E-state index in [4.69, 9.17) is 0 Å². The zero-order valence-corrected chi connectivity index (χ0v) is 13.6. The van der Waals surface area contributed by atoms with Gasteiger partial charge in [-0.15, -0.1) is 0 Å². The van der Waals surface area contributed by atoms with E-state index in [0.29, 0.717) is 30.0 Å². The molecule has 24 heavy (non-hydrogen) atoms. The van der Waals surface area contributed by atoms with Gasteiger partial charge >= 0.3 is 0 Å². The molecule has 1 amide bonds. The van der Waals surface area contributed by atoms with E-state index in [1.165, 1.54) is 6.33 Å². The Kier molecular flexibility index (Phi) is 4.64. The monoisotopic (exact) mass is 325 g/mol. The lowest BCUT2D eigenvalue weighted by atomic mass is 10.2. The number of hydrogen-bond donors (Lipinski definition) is 2. The summed E-state index contributed by atoms with van der Waals surface area (Å²) in [5.41, 5.74) is 1.73. The third kappa shape index (κ3) is 3.17. The van der Waals surface area contributed by atoms with Crippen molar-refractivity contribution in [2.24, 2.45) is 0 Å². The number of carbonyl (C=O) groups excluding carboxylic acids is 1. The normalized spacial score (nSPS) is 12.1. The van der Waals surface area contributed by atoms with Crippen LogP contribution in [0.15, 0.2) is 36.8 Å². The Bertz CT molecular complexity index is 809. The Morgan fingerprint density at radius 2 is 2.17 bits per heavy atom. The van der Waals surface area contributed by atoms with E-state index in [-0.39, 0.29) is 11.9 Å². The number of rotatable bonds is 6. The third-order valence-electron chi connectivity index (χ3n) is 3.72. The van der Waals surface area contributed by atoms with E-state index >= 15 is 0 Å². The van der Waals surface area contributed by atoms with Crippen molar-refractivity contribution in [2.45, 2.75) is 32.9 Å². The zero-order valence-electron chi connectivity index (χ0n) is 13.6. The molecule has 2 N–H and O–H groups in total. The minimum absolute atomic E-state index is 0.207. The van der Waals surface area contributed by atoms with Crippen molar-refractivity contribution in [3.05, 3.63) is 48.3 Å². The predicted molar refractivity (Wildman–Crippen MR) is 88.0 cm³/mol. The van der Waals surface area contributed by atoms with Crippen LogP contribution in [0, 0.1) is 0 Å². The smallest absolute Gasteiger partial charge is 0.269 e. The molecular weight excluding hydrogens is 306 g/mol. The number of aromatic amines is 1. The van der Waals surface area contributed by atoms with E-state index in [2.05, 4.69) is 30.6 Å². The van der Waals surface area contributed by atoms with E-state index in [9.17, 15) is 4.79 Å². The van der Waals surface area contributed by atoms with Gasteiger partial charge in [0.1, 0.15) is 23.5 Å². The first-order chi connectivity index (χ1) is 11.7. The summed E-state index contributed by atoms with van der Waals surface area (Å²) >= 11 is 0. The molecule has 3 heterocycles. The first-order valence-corrected chi connectivity index (χ1v) is 7.88.